The maximum absolute atomic E-state index is 12.8. The number of nitrogens with zero attached hydrogens (tertiary/aromatic N) is 2. The van der Waals surface area contributed by atoms with Crippen molar-refractivity contribution in [1.29, 1.82) is 0 Å². The zero-order valence-electron chi connectivity index (χ0n) is 13.1. The first-order chi connectivity index (χ1) is 11.5. The summed E-state index contributed by atoms with van der Waals surface area (Å²) in [6.45, 7) is 0.765. The Morgan fingerprint density at radius 2 is 2.12 bits per heavy atom. The molecule has 6 nitrogen and oxygen atoms in total. The summed E-state index contributed by atoms with van der Waals surface area (Å²) < 4.78 is 27.1. The molecule has 1 N–H and O–H groups in total. The van der Waals surface area contributed by atoms with Gasteiger partial charge in [0, 0.05) is 24.8 Å². The molecule has 0 saturated carbocycles. The molecule has 1 aromatic carbocycles. The summed E-state index contributed by atoms with van der Waals surface area (Å²) in [6.07, 6.45) is 2.81. The fraction of sp³-hybridized carbons (Fsp3) is 0.438. The SMILES string of the molecule is O=CN(O)C(CS(=O)(=O)N1CCc2ccccc2C1)C1C=CSC1. The molecule has 0 saturated heterocycles. The summed E-state index contributed by atoms with van der Waals surface area (Å²) in [5.41, 5.74) is 2.18. The molecule has 0 aromatic heterocycles. The Hall–Kier alpha value is -1.35. The molecule has 0 bridgehead atoms. The lowest BCUT2D eigenvalue weighted by Gasteiger charge is -2.32. The van der Waals surface area contributed by atoms with Crippen molar-refractivity contribution in [2.45, 2.75) is 19.0 Å². The lowest BCUT2D eigenvalue weighted by Crippen LogP contribution is -2.47. The highest BCUT2D eigenvalue weighted by Gasteiger charge is 2.35. The molecule has 0 fully saturated rings. The van der Waals surface area contributed by atoms with Crippen LogP contribution in [0.25, 0.3) is 0 Å². The van der Waals surface area contributed by atoms with Gasteiger partial charge in [-0.3, -0.25) is 10.0 Å². The van der Waals surface area contributed by atoms with Crippen LogP contribution in [0.15, 0.2) is 35.7 Å². The fourth-order valence-corrected chi connectivity index (χ4v) is 5.85. The van der Waals surface area contributed by atoms with E-state index in [1.165, 1.54) is 9.87 Å². The van der Waals surface area contributed by atoms with Crippen LogP contribution in [0.5, 0.6) is 0 Å². The standard InChI is InChI=1S/C16H20N2O4S2/c19-12-18(20)16(15-6-8-23-10-15)11-24(21,22)17-7-5-13-3-1-2-4-14(13)9-17/h1-4,6,8,12,15-16,20H,5,7,9-11H2. The average Bonchev–Trinajstić information content (AvgIpc) is 3.13. The van der Waals surface area contributed by atoms with Crippen LogP contribution in [-0.4, -0.2) is 53.5 Å². The Balaban J connectivity index is 1.77. The number of carbonyl (C=O) groups excluding carboxylic acids is 1. The minimum atomic E-state index is -3.59. The normalized spacial score (nSPS) is 22.1. The maximum atomic E-state index is 12.8. The summed E-state index contributed by atoms with van der Waals surface area (Å²) in [7, 11) is -3.59. The van der Waals surface area contributed by atoms with Crippen LogP contribution in [0.4, 0.5) is 0 Å². The van der Waals surface area contributed by atoms with Gasteiger partial charge in [0.25, 0.3) is 0 Å². The van der Waals surface area contributed by atoms with E-state index < -0.39 is 16.1 Å². The van der Waals surface area contributed by atoms with Crippen molar-refractivity contribution in [2.24, 2.45) is 5.92 Å². The second kappa shape index (κ2) is 7.26. The molecule has 0 radical (unpaired) electrons. The van der Waals surface area contributed by atoms with E-state index in [2.05, 4.69) is 0 Å². The van der Waals surface area contributed by atoms with Gasteiger partial charge in [-0.1, -0.05) is 30.3 Å². The van der Waals surface area contributed by atoms with Crippen molar-refractivity contribution in [1.82, 2.24) is 9.37 Å². The van der Waals surface area contributed by atoms with Gasteiger partial charge in [0.05, 0.1) is 11.8 Å². The fourth-order valence-electron chi connectivity index (χ4n) is 3.12. The molecule has 2 heterocycles. The molecule has 2 aliphatic heterocycles. The molecule has 2 unspecified atom stereocenters. The van der Waals surface area contributed by atoms with E-state index >= 15 is 0 Å². The number of amides is 1. The van der Waals surface area contributed by atoms with Crippen molar-refractivity contribution in [3.63, 3.8) is 0 Å². The summed E-state index contributed by atoms with van der Waals surface area (Å²) in [6, 6.07) is 7.05. The maximum Gasteiger partial charge on any atom is 0.233 e. The highest BCUT2D eigenvalue weighted by atomic mass is 32.2. The quantitative estimate of drug-likeness (QED) is 0.467. The summed E-state index contributed by atoms with van der Waals surface area (Å²) >= 11 is 1.55. The van der Waals surface area contributed by atoms with Gasteiger partial charge in [0.15, 0.2) is 0 Å². The monoisotopic (exact) mass is 368 g/mol. The second-order valence-corrected chi connectivity index (χ2v) is 8.96. The first-order valence-electron chi connectivity index (χ1n) is 7.76. The lowest BCUT2D eigenvalue weighted by molar-refractivity contribution is -0.160. The van der Waals surface area contributed by atoms with Crippen LogP contribution >= 0.6 is 11.8 Å². The van der Waals surface area contributed by atoms with Crippen molar-refractivity contribution in [3.05, 3.63) is 46.9 Å². The van der Waals surface area contributed by atoms with E-state index in [1.807, 2.05) is 35.7 Å². The number of benzene rings is 1. The van der Waals surface area contributed by atoms with Crippen LogP contribution in [0, 0.1) is 5.92 Å². The van der Waals surface area contributed by atoms with Crippen LogP contribution in [0.2, 0.25) is 0 Å². The van der Waals surface area contributed by atoms with Gasteiger partial charge >= 0.3 is 0 Å². The minimum absolute atomic E-state index is 0.169. The topological polar surface area (TPSA) is 77.9 Å². The molecular weight excluding hydrogens is 348 g/mol. The lowest BCUT2D eigenvalue weighted by atomic mass is 10.0. The third-order valence-electron chi connectivity index (χ3n) is 4.52. The van der Waals surface area contributed by atoms with Crippen LogP contribution in [0.1, 0.15) is 11.1 Å². The zero-order chi connectivity index (χ0) is 17.2. The number of hydrogen-bond acceptors (Lipinski definition) is 5. The summed E-state index contributed by atoms with van der Waals surface area (Å²) in [5.74, 6) is 0.213. The van der Waals surface area contributed by atoms with Crippen molar-refractivity contribution in [3.8, 4) is 0 Å². The van der Waals surface area contributed by atoms with Gasteiger partial charge in [0.2, 0.25) is 16.4 Å². The Morgan fingerprint density at radius 1 is 1.38 bits per heavy atom. The minimum Gasteiger partial charge on any atom is -0.286 e. The first-order valence-corrected chi connectivity index (χ1v) is 10.4. The van der Waals surface area contributed by atoms with E-state index in [1.54, 1.807) is 11.8 Å². The van der Waals surface area contributed by atoms with Crippen LogP contribution < -0.4 is 0 Å². The third kappa shape index (κ3) is 3.66. The molecule has 0 aliphatic carbocycles. The zero-order valence-corrected chi connectivity index (χ0v) is 14.7. The molecule has 3 rings (SSSR count). The molecule has 8 heteroatoms. The molecule has 1 amide bonds. The van der Waals surface area contributed by atoms with Crippen LogP contribution in [-0.2, 0) is 27.8 Å². The van der Waals surface area contributed by atoms with Gasteiger partial charge in [0.1, 0.15) is 0 Å². The molecule has 1 aromatic rings. The first kappa shape index (κ1) is 17.5. The van der Waals surface area contributed by atoms with Crippen molar-refractivity contribution >= 4 is 28.2 Å². The van der Waals surface area contributed by atoms with E-state index in [4.69, 9.17) is 0 Å². The van der Waals surface area contributed by atoms with Crippen LogP contribution in [0.3, 0.4) is 0 Å². The third-order valence-corrected chi connectivity index (χ3v) is 7.31. The number of sulfonamides is 1. The van der Waals surface area contributed by atoms with Crippen molar-refractivity contribution < 1.29 is 18.4 Å². The number of hydrogen-bond donors (Lipinski definition) is 1. The summed E-state index contributed by atoms with van der Waals surface area (Å²) in [4.78, 5) is 11.0. The number of hydroxylamine groups is 2. The Labute approximate surface area is 146 Å². The number of carbonyl (C=O) groups is 1. The number of thioether (sulfide) groups is 1. The molecule has 2 aliphatic rings. The van der Waals surface area contributed by atoms with Gasteiger partial charge in [-0.25, -0.2) is 13.5 Å². The highest BCUT2D eigenvalue weighted by molar-refractivity contribution is 8.02. The van der Waals surface area contributed by atoms with Crippen molar-refractivity contribution in [2.75, 3.05) is 18.1 Å². The second-order valence-electron chi connectivity index (χ2n) is 6.01. The van der Waals surface area contributed by atoms with E-state index in [0.29, 0.717) is 30.3 Å². The smallest absolute Gasteiger partial charge is 0.233 e. The predicted octanol–water partition coefficient (Wildman–Crippen LogP) is 1.47. The summed E-state index contributed by atoms with van der Waals surface area (Å²) in [5, 5.41) is 12.2. The van der Waals surface area contributed by atoms with E-state index in [9.17, 15) is 18.4 Å². The Kier molecular flexibility index (Phi) is 5.29. The Bertz CT molecular complexity index is 735. The average molecular weight is 368 g/mol. The molecule has 0 spiro atoms. The van der Waals surface area contributed by atoms with Gasteiger partial charge < -0.3 is 0 Å². The number of rotatable bonds is 6. The van der Waals surface area contributed by atoms with E-state index in [0.717, 1.165) is 5.56 Å². The Morgan fingerprint density at radius 3 is 2.79 bits per heavy atom. The van der Waals surface area contributed by atoms with Gasteiger partial charge in [-0.15, -0.1) is 11.8 Å². The van der Waals surface area contributed by atoms with E-state index in [-0.39, 0.29) is 18.1 Å². The molecule has 2 atom stereocenters. The van der Waals surface area contributed by atoms with Gasteiger partial charge in [-0.05, 0) is 23.0 Å². The predicted molar refractivity (Wildman–Crippen MR) is 92.9 cm³/mol. The number of fused-ring (bicyclic) bond motifs is 1. The largest absolute Gasteiger partial charge is 0.286 e. The molecule has 24 heavy (non-hydrogen) atoms. The van der Waals surface area contributed by atoms with Gasteiger partial charge in [-0.2, -0.15) is 4.31 Å². The molecular formula is C16H20N2O4S2. The molecule has 130 valence electrons. The highest BCUT2D eigenvalue weighted by Crippen LogP contribution is 2.28.